The molecule has 4 heteroatoms. The average Bonchev–Trinajstić information content (AvgIpc) is 3.28. The molecule has 0 spiro atoms. The lowest BCUT2D eigenvalue weighted by Crippen LogP contribution is -2.24. The molecule has 1 N–H and O–H groups in total. The molecular weight excluding hydrogens is 284 g/mol. The van der Waals surface area contributed by atoms with Gasteiger partial charge in [0.05, 0.1) is 0 Å². The fourth-order valence-corrected chi connectivity index (χ4v) is 2.61. The van der Waals surface area contributed by atoms with E-state index in [1.54, 1.807) is 6.20 Å². The second-order valence-electron chi connectivity index (χ2n) is 5.53. The Morgan fingerprint density at radius 1 is 1.29 bits per heavy atom. The van der Waals surface area contributed by atoms with Crippen LogP contribution in [0.15, 0.2) is 42.6 Å². The molecule has 0 bridgehead atoms. The largest absolute Gasteiger partial charge is 0.352 e. The molecule has 21 heavy (non-hydrogen) atoms. The van der Waals surface area contributed by atoms with Gasteiger partial charge >= 0.3 is 0 Å². The molecule has 0 unspecified atom stereocenters. The molecule has 3 rings (SSSR count). The fourth-order valence-electron chi connectivity index (χ4n) is 2.49. The first-order chi connectivity index (χ1) is 10.1. The summed E-state index contributed by atoms with van der Waals surface area (Å²) in [5.74, 6) is 0.540. The number of halogens is 1. The maximum absolute atomic E-state index is 12.1. The SMILES string of the molecule is Cc1ccc(CNC(=O)[C@@H]2C[C@H]2c2ccc(Cl)cc2)cn1. The van der Waals surface area contributed by atoms with Gasteiger partial charge in [0.2, 0.25) is 5.91 Å². The van der Waals surface area contributed by atoms with Crippen molar-refractivity contribution in [1.29, 1.82) is 0 Å². The van der Waals surface area contributed by atoms with Gasteiger partial charge in [-0.3, -0.25) is 9.78 Å². The third-order valence-corrected chi connectivity index (χ3v) is 4.12. The molecule has 1 aromatic heterocycles. The lowest BCUT2D eigenvalue weighted by molar-refractivity contribution is -0.122. The highest BCUT2D eigenvalue weighted by atomic mass is 35.5. The van der Waals surface area contributed by atoms with Gasteiger partial charge in [-0.05, 0) is 48.6 Å². The van der Waals surface area contributed by atoms with Crippen LogP contribution in [0.25, 0.3) is 0 Å². The Balaban J connectivity index is 1.53. The van der Waals surface area contributed by atoms with E-state index in [2.05, 4.69) is 10.3 Å². The monoisotopic (exact) mass is 300 g/mol. The van der Waals surface area contributed by atoms with E-state index in [9.17, 15) is 4.79 Å². The fraction of sp³-hybridized carbons (Fsp3) is 0.294. The second kappa shape index (κ2) is 5.86. The Morgan fingerprint density at radius 2 is 2.05 bits per heavy atom. The molecule has 0 aliphatic heterocycles. The van der Waals surface area contributed by atoms with Crippen molar-refractivity contribution < 1.29 is 4.79 Å². The van der Waals surface area contributed by atoms with Gasteiger partial charge in [0.15, 0.2) is 0 Å². The molecular formula is C17H17ClN2O. The van der Waals surface area contributed by atoms with Gasteiger partial charge in [-0.1, -0.05) is 29.8 Å². The lowest BCUT2D eigenvalue weighted by Gasteiger charge is -2.05. The molecule has 1 fully saturated rings. The summed E-state index contributed by atoms with van der Waals surface area (Å²) in [4.78, 5) is 16.4. The number of aromatic nitrogens is 1. The Hall–Kier alpha value is -1.87. The lowest BCUT2D eigenvalue weighted by atomic mass is 10.1. The van der Waals surface area contributed by atoms with Crippen LogP contribution in [-0.2, 0) is 11.3 Å². The van der Waals surface area contributed by atoms with E-state index < -0.39 is 0 Å². The summed E-state index contributed by atoms with van der Waals surface area (Å²) >= 11 is 5.88. The molecule has 1 aliphatic rings. The zero-order valence-electron chi connectivity index (χ0n) is 11.8. The topological polar surface area (TPSA) is 42.0 Å². The number of pyridine rings is 1. The highest BCUT2D eigenvalue weighted by Gasteiger charge is 2.43. The summed E-state index contributed by atoms with van der Waals surface area (Å²) in [7, 11) is 0. The normalized spacial score (nSPS) is 20.1. The molecule has 1 saturated carbocycles. The van der Waals surface area contributed by atoms with Gasteiger partial charge in [-0.2, -0.15) is 0 Å². The van der Waals surface area contributed by atoms with E-state index in [1.807, 2.05) is 43.3 Å². The van der Waals surface area contributed by atoms with E-state index in [0.717, 1.165) is 22.7 Å². The minimum absolute atomic E-state index is 0.0876. The molecule has 1 aliphatic carbocycles. The molecule has 0 radical (unpaired) electrons. The summed E-state index contributed by atoms with van der Waals surface area (Å²) in [5, 5.41) is 3.72. The molecule has 3 nitrogen and oxygen atoms in total. The van der Waals surface area contributed by atoms with Crippen molar-refractivity contribution in [2.45, 2.75) is 25.8 Å². The standard InChI is InChI=1S/C17H17ClN2O/c1-11-2-3-12(9-19-11)10-20-17(21)16-8-15(16)13-4-6-14(18)7-5-13/h2-7,9,15-16H,8,10H2,1H3,(H,20,21)/t15-,16+/m0/s1. The van der Waals surface area contributed by atoms with Crippen molar-refractivity contribution in [3.8, 4) is 0 Å². The predicted octanol–water partition coefficient (Wildman–Crippen LogP) is 3.46. The first kappa shape index (κ1) is 14.1. The number of amides is 1. The molecule has 1 amide bonds. The maximum atomic E-state index is 12.1. The van der Waals surface area contributed by atoms with Crippen LogP contribution in [0.3, 0.4) is 0 Å². The van der Waals surface area contributed by atoms with Gasteiger partial charge in [-0.25, -0.2) is 0 Å². The van der Waals surface area contributed by atoms with Crippen molar-refractivity contribution in [2.24, 2.45) is 5.92 Å². The van der Waals surface area contributed by atoms with Gasteiger partial charge < -0.3 is 5.32 Å². The van der Waals surface area contributed by atoms with Crippen LogP contribution in [0.2, 0.25) is 5.02 Å². The first-order valence-corrected chi connectivity index (χ1v) is 7.46. The maximum Gasteiger partial charge on any atom is 0.224 e. The number of rotatable bonds is 4. The Bertz CT molecular complexity index is 637. The van der Waals surface area contributed by atoms with Crippen LogP contribution in [0, 0.1) is 12.8 Å². The van der Waals surface area contributed by atoms with E-state index in [-0.39, 0.29) is 11.8 Å². The van der Waals surface area contributed by atoms with Gasteiger partial charge in [0.25, 0.3) is 0 Å². The van der Waals surface area contributed by atoms with Crippen LogP contribution < -0.4 is 5.32 Å². The van der Waals surface area contributed by atoms with Crippen LogP contribution >= 0.6 is 11.6 Å². The van der Waals surface area contributed by atoms with Crippen molar-refractivity contribution in [3.63, 3.8) is 0 Å². The van der Waals surface area contributed by atoms with Crippen LogP contribution in [-0.4, -0.2) is 10.9 Å². The van der Waals surface area contributed by atoms with Crippen molar-refractivity contribution in [3.05, 3.63) is 64.4 Å². The van der Waals surface area contributed by atoms with Crippen LogP contribution in [0.4, 0.5) is 0 Å². The van der Waals surface area contributed by atoms with E-state index >= 15 is 0 Å². The number of hydrogen-bond acceptors (Lipinski definition) is 2. The number of aryl methyl sites for hydroxylation is 1. The Morgan fingerprint density at radius 3 is 2.71 bits per heavy atom. The van der Waals surface area contributed by atoms with Crippen molar-refractivity contribution >= 4 is 17.5 Å². The zero-order chi connectivity index (χ0) is 14.8. The number of hydrogen-bond donors (Lipinski definition) is 1. The minimum Gasteiger partial charge on any atom is -0.352 e. The second-order valence-corrected chi connectivity index (χ2v) is 5.96. The average molecular weight is 301 g/mol. The number of carbonyl (C=O) groups is 1. The van der Waals surface area contributed by atoms with E-state index in [1.165, 1.54) is 5.56 Å². The molecule has 108 valence electrons. The van der Waals surface area contributed by atoms with Gasteiger partial charge in [0.1, 0.15) is 0 Å². The highest BCUT2D eigenvalue weighted by Crippen LogP contribution is 2.47. The van der Waals surface area contributed by atoms with Crippen molar-refractivity contribution in [2.75, 3.05) is 0 Å². The highest BCUT2D eigenvalue weighted by molar-refractivity contribution is 6.30. The van der Waals surface area contributed by atoms with E-state index in [4.69, 9.17) is 11.6 Å². The summed E-state index contributed by atoms with van der Waals surface area (Å²) in [6.07, 6.45) is 2.72. The summed E-state index contributed by atoms with van der Waals surface area (Å²) < 4.78 is 0. The Labute approximate surface area is 129 Å². The Kier molecular flexibility index (Phi) is 3.93. The van der Waals surface area contributed by atoms with Crippen molar-refractivity contribution in [1.82, 2.24) is 10.3 Å². The third kappa shape index (κ3) is 3.42. The molecule has 2 aromatic rings. The van der Waals surface area contributed by atoms with Gasteiger partial charge in [0, 0.05) is 29.4 Å². The predicted molar refractivity (Wildman–Crippen MR) is 83.1 cm³/mol. The zero-order valence-corrected chi connectivity index (χ0v) is 12.6. The number of nitrogens with zero attached hydrogens (tertiary/aromatic N) is 1. The summed E-state index contributed by atoms with van der Waals surface area (Å²) in [5.41, 5.74) is 3.20. The summed E-state index contributed by atoms with van der Waals surface area (Å²) in [6.45, 7) is 2.49. The van der Waals surface area contributed by atoms with Crippen LogP contribution in [0.5, 0.6) is 0 Å². The molecule has 1 aromatic carbocycles. The van der Waals surface area contributed by atoms with E-state index in [0.29, 0.717) is 12.5 Å². The minimum atomic E-state index is 0.0876. The third-order valence-electron chi connectivity index (χ3n) is 3.86. The number of carbonyl (C=O) groups excluding carboxylic acids is 1. The summed E-state index contributed by atoms with van der Waals surface area (Å²) in [6, 6.07) is 11.7. The smallest absolute Gasteiger partial charge is 0.224 e. The quantitative estimate of drug-likeness (QED) is 0.939. The van der Waals surface area contributed by atoms with Crippen LogP contribution in [0.1, 0.15) is 29.2 Å². The molecule has 2 atom stereocenters. The number of benzene rings is 1. The molecule has 1 heterocycles. The first-order valence-electron chi connectivity index (χ1n) is 7.08. The number of nitrogens with one attached hydrogen (secondary N) is 1. The molecule has 0 saturated heterocycles. The van der Waals surface area contributed by atoms with Gasteiger partial charge in [-0.15, -0.1) is 0 Å².